The van der Waals surface area contributed by atoms with Gasteiger partial charge in [0.05, 0.1) is 25.6 Å². The van der Waals surface area contributed by atoms with E-state index in [1.807, 2.05) is 0 Å². The van der Waals surface area contributed by atoms with Gasteiger partial charge in [0.2, 0.25) is 0 Å². The maximum atomic E-state index is 11.9. The van der Waals surface area contributed by atoms with Crippen molar-refractivity contribution in [1.82, 2.24) is 9.78 Å². The second-order valence-electron chi connectivity index (χ2n) is 5.45. The van der Waals surface area contributed by atoms with Crippen LogP contribution in [0, 0.1) is 0 Å². The molecule has 7 heteroatoms. The minimum Gasteiger partial charge on any atom is -0.490 e. The zero-order valence-electron chi connectivity index (χ0n) is 13.7. The predicted molar refractivity (Wildman–Crippen MR) is 88.4 cm³/mol. The first-order valence-electron chi connectivity index (χ1n) is 7.57. The molecule has 0 aliphatic carbocycles. The second-order valence-corrected chi connectivity index (χ2v) is 5.45. The molecule has 0 spiro atoms. The van der Waals surface area contributed by atoms with Gasteiger partial charge in [-0.2, -0.15) is 5.10 Å². The molecule has 0 radical (unpaired) electrons. The van der Waals surface area contributed by atoms with E-state index in [0.29, 0.717) is 19.0 Å². The summed E-state index contributed by atoms with van der Waals surface area (Å²) in [6.45, 7) is 7.09. The van der Waals surface area contributed by atoms with Crippen LogP contribution < -0.4 is 10.5 Å². The quantitative estimate of drug-likeness (QED) is 0.525. The lowest BCUT2D eigenvalue weighted by atomic mass is 10.1. The largest absolute Gasteiger partial charge is 0.490 e. The molecule has 22 heavy (non-hydrogen) atoms. The molecule has 1 rings (SSSR count). The summed E-state index contributed by atoms with van der Waals surface area (Å²) in [5.41, 5.74) is 4.61. The van der Waals surface area contributed by atoms with Crippen molar-refractivity contribution in [1.29, 1.82) is 0 Å². The normalized spacial score (nSPS) is 10.9. The highest BCUT2D eigenvalue weighted by molar-refractivity contribution is 5.85. The Morgan fingerprint density at radius 3 is 2.64 bits per heavy atom. The van der Waals surface area contributed by atoms with Crippen LogP contribution in [-0.2, 0) is 15.1 Å². The maximum Gasteiger partial charge on any atom is 0.333 e. The van der Waals surface area contributed by atoms with Gasteiger partial charge in [-0.1, -0.05) is 12.8 Å². The van der Waals surface area contributed by atoms with Crippen LogP contribution in [0.15, 0.2) is 12.4 Å². The molecule has 6 nitrogen and oxygen atoms in total. The van der Waals surface area contributed by atoms with E-state index in [-0.39, 0.29) is 18.4 Å². The molecule has 0 bridgehead atoms. The number of unbranched alkanes of at least 4 members (excludes halogenated alkanes) is 3. The number of rotatable bonds is 10. The average molecular weight is 334 g/mol. The number of aromatic nitrogens is 2. The molecule has 0 amide bonds. The van der Waals surface area contributed by atoms with E-state index < -0.39 is 5.54 Å². The molecule has 1 aromatic heterocycles. The van der Waals surface area contributed by atoms with Crippen molar-refractivity contribution in [2.24, 2.45) is 5.73 Å². The number of nitrogens with two attached hydrogens (primary N) is 1. The van der Waals surface area contributed by atoms with Crippen LogP contribution in [0.3, 0.4) is 0 Å². The highest BCUT2D eigenvalue weighted by Gasteiger charge is 2.32. The van der Waals surface area contributed by atoms with Gasteiger partial charge < -0.3 is 15.2 Å². The molecule has 1 aromatic rings. The molecular weight excluding hydrogens is 306 g/mol. The van der Waals surface area contributed by atoms with Gasteiger partial charge in [0.15, 0.2) is 11.3 Å². The molecule has 0 unspecified atom stereocenters. The van der Waals surface area contributed by atoms with Gasteiger partial charge in [-0.25, -0.2) is 4.79 Å². The molecular formula is C15H28ClN3O3. The van der Waals surface area contributed by atoms with E-state index in [9.17, 15) is 4.79 Å². The van der Waals surface area contributed by atoms with Crippen LogP contribution in [0.5, 0.6) is 5.75 Å². The van der Waals surface area contributed by atoms with Crippen molar-refractivity contribution in [2.75, 3.05) is 19.8 Å². The molecule has 0 fully saturated rings. The lowest BCUT2D eigenvalue weighted by molar-refractivity contribution is -0.152. The SMILES string of the molecule is CCOC(=O)C(C)(C)n1cc(OCCCCCCN)cn1.Cl. The van der Waals surface area contributed by atoms with Gasteiger partial charge in [-0.15, -0.1) is 12.4 Å². The van der Waals surface area contributed by atoms with Crippen molar-refractivity contribution < 1.29 is 14.3 Å². The number of esters is 1. The average Bonchev–Trinajstić information content (AvgIpc) is 2.92. The highest BCUT2D eigenvalue weighted by Crippen LogP contribution is 2.20. The Hall–Kier alpha value is -1.27. The fourth-order valence-electron chi connectivity index (χ4n) is 1.88. The zero-order valence-corrected chi connectivity index (χ0v) is 14.5. The standard InChI is InChI=1S/C15H27N3O3.ClH/c1-4-20-14(19)15(2,3)18-12-13(11-17-18)21-10-8-6-5-7-9-16;/h11-12H,4-10,16H2,1-3H3;1H. The first-order chi connectivity index (χ1) is 10.0. The molecule has 0 atom stereocenters. The molecule has 128 valence electrons. The maximum absolute atomic E-state index is 11.9. The first kappa shape index (κ1) is 20.7. The Labute approximate surface area is 138 Å². The third kappa shape index (κ3) is 6.23. The summed E-state index contributed by atoms with van der Waals surface area (Å²) >= 11 is 0. The highest BCUT2D eigenvalue weighted by atomic mass is 35.5. The topological polar surface area (TPSA) is 79.4 Å². The van der Waals surface area contributed by atoms with E-state index in [1.54, 1.807) is 37.8 Å². The second kappa shape index (κ2) is 10.5. The lowest BCUT2D eigenvalue weighted by Gasteiger charge is -2.22. The van der Waals surface area contributed by atoms with Crippen LogP contribution >= 0.6 is 12.4 Å². The third-order valence-electron chi connectivity index (χ3n) is 3.27. The van der Waals surface area contributed by atoms with Crippen molar-refractivity contribution >= 4 is 18.4 Å². The summed E-state index contributed by atoms with van der Waals surface area (Å²) < 4.78 is 12.3. The third-order valence-corrected chi connectivity index (χ3v) is 3.27. The van der Waals surface area contributed by atoms with E-state index in [2.05, 4.69) is 5.10 Å². The zero-order chi connectivity index (χ0) is 15.7. The number of halogens is 1. The summed E-state index contributed by atoms with van der Waals surface area (Å²) in [6.07, 6.45) is 7.66. The number of hydrogen-bond donors (Lipinski definition) is 1. The summed E-state index contributed by atoms with van der Waals surface area (Å²) in [7, 11) is 0. The summed E-state index contributed by atoms with van der Waals surface area (Å²) in [5.74, 6) is 0.368. The van der Waals surface area contributed by atoms with Crippen molar-refractivity contribution in [3.05, 3.63) is 12.4 Å². The van der Waals surface area contributed by atoms with Crippen LogP contribution in [0.1, 0.15) is 46.5 Å². The van der Waals surface area contributed by atoms with E-state index in [0.717, 1.165) is 32.2 Å². The number of carbonyl (C=O) groups is 1. The Balaban J connectivity index is 0.00000441. The van der Waals surface area contributed by atoms with Crippen LogP contribution in [0.25, 0.3) is 0 Å². The Morgan fingerprint density at radius 2 is 2.00 bits per heavy atom. The predicted octanol–water partition coefficient (Wildman–Crippen LogP) is 2.50. The minimum absolute atomic E-state index is 0. The smallest absolute Gasteiger partial charge is 0.333 e. The van der Waals surface area contributed by atoms with Gasteiger partial charge in [0.1, 0.15) is 0 Å². The van der Waals surface area contributed by atoms with Gasteiger partial charge in [-0.05, 0) is 40.2 Å². The fourth-order valence-corrected chi connectivity index (χ4v) is 1.88. The molecule has 0 aliphatic heterocycles. The van der Waals surface area contributed by atoms with Gasteiger partial charge in [-0.3, -0.25) is 4.68 Å². The van der Waals surface area contributed by atoms with Crippen molar-refractivity contribution in [3.8, 4) is 5.75 Å². The number of ether oxygens (including phenoxy) is 2. The number of hydrogen-bond acceptors (Lipinski definition) is 5. The lowest BCUT2D eigenvalue weighted by Crippen LogP contribution is -2.37. The summed E-state index contributed by atoms with van der Waals surface area (Å²) in [5, 5.41) is 4.19. The molecule has 0 saturated carbocycles. The molecule has 0 saturated heterocycles. The number of carbonyl (C=O) groups excluding carboxylic acids is 1. The van der Waals surface area contributed by atoms with E-state index in [4.69, 9.17) is 15.2 Å². The van der Waals surface area contributed by atoms with Gasteiger partial charge in [0, 0.05) is 0 Å². The van der Waals surface area contributed by atoms with Crippen LogP contribution in [0.2, 0.25) is 0 Å². The number of nitrogens with zero attached hydrogens (tertiary/aromatic N) is 2. The fraction of sp³-hybridized carbons (Fsp3) is 0.733. The molecule has 2 N–H and O–H groups in total. The monoisotopic (exact) mass is 333 g/mol. The Bertz CT molecular complexity index is 435. The van der Waals surface area contributed by atoms with Gasteiger partial charge >= 0.3 is 5.97 Å². The summed E-state index contributed by atoms with van der Waals surface area (Å²) in [6, 6.07) is 0. The van der Waals surface area contributed by atoms with Crippen LogP contribution in [0.4, 0.5) is 0 Å². The Kier molecular flexibility index (Phi) is 9.85. The van der Waals surface area contributed by atoms with Crippen molar-refractivity contribution in [2.45, 2.75) is 52.0 Å². The molecule has 0 aliphatic rings. The van der Waals surface area contributed by atoms with Crippen LogP contribution in [-0.4, -0.2) is 35.5 Å². The van der Waals surface area contributed by atoms with Crippen molar-refractivity contribution in [3.63, 3.8) is 0 Å². The van der Waals surface area contributed by atoms with E-state index in [1.165, 1.54) is 0 Å². The van der Waals surface area contributed by atoms with E-state index >= 15 is 0 Å². The summed E-state index contributed by atoms with van der Waals surface area (Å²) in [4.78, 5) is 11.9. The molecule has 0 aromatic carbocycles. The first-order valence-corrected chi connectivity index (χ1v) is 7.57. The van der Waals surface area contributed by atoms with Gasteiger partial charge in [0.25, 0.3) is 0 Å². The Morgan fingerprint density at radius 1 is 1.32 bits per heavy atom. The molecule has 1 heterocycles. The minimum atomic E-state index is -0.835.